The van der Waals surface area contributed by atoms with Gasteiger partial charge in [-0.2, -0.15) is 0 Å². The Morgan fingerprint density at radius 2 is 1.86 bits per heavy atom. The van der Waals surface area contributed by atoms with E-state index in [0.717, 1.165) is 17.9 Å². The number of carbonyl (C=O) groups excluding carboxylic acids is 1. The number of hydrogen-bond acceptors (Lipinski definition) is 4. The number of aliphatic hydroxyl groups is 1. The average Bonchev–Trinajstić information content (AvgIpc) is 3.38. The lowest BCUT2D eigenvalue weighted by Crippen LogP contribution is -2.51. The first-order valence-corrected chi connectivity index (χ1v) is 11.1. The van der Waals surface area contributed by atoms with Crippen molar-refractivity contribution in [2.45, 2.75) is 96.4 Å². The molecule has 1 aliphatic rings. The van der Waals surface area contributed by atoms with Crippen LogP contribution in [0.3, 0.4) is 0 Å². The zero-order valence-electron chi connectivity index (χ0n) is 18.8. The molecule has 1 amide bonds. The number of amides is 1. The highest BCUT2D eigenvalue weighted by Crippen LogP contribution is 2.40. The summed E-state index contributed by atoms with van der Waals surface area (Å²) in [6.07, 6.45) is 5.32. The van der Waals surface area contributed by atoms with Gasteiger partial charge in [0.1, 0.15) is 5.60 Å². The number of alkyl carbamates (subject to hydrolysis) is 1. The Labute approximate surface area is 176 Å². The van der Waals surface area contributed by atoms with Gasteiger partial charge in [-0.05, 0) is 57.9 Å². The van der Waals surface area contributed by atoms with Crippen LogP contribution in [0.2, 0.25) is 0 Å². The molecule has 1 aromatic carbocycles. The maximum atomic E-state index is 12.3. The monoisotopic (exact) mass is 404 g/mol. The fourth-order valence-corrected chi connectivity index (χ4v) is 3.59. The van der Waals surface area contributed by atoms with E-state index >= 15 is 0 Å². The van der Waals surface area contributed by atoms with E-state index in [-0.39, 0.29) is 5.54 Å². The predicted molar refractivity (Wildman–Crippen MR) is 118 cm³/mol. The van der Waals surface area contributed by atoms with Crippen molar-refractivity contribution >= 4 is 6.09 Å². The van der Waals surface area contributed by atoms with Gasteiger partial charge in [0.25, 0.3) is 0 Å². The van der Waals surface area contributed by atoms with Crippen molar-refractivity contribution in [1.29, 1.82) is 0 Å². The smallest absolute Gasteiger partial charge is 0.407 e. The maximum Gasteiger partial charge on any atom is 0.407 e. The molecule has 3 N–H and O–H groups in total. The van der Waals surface area contributed by atoms with E-state index < -0.39 is 23.8 Å². The number of β-amino-alcohol motifs (C(OH)–C–C–N with tert-alkyl or cyclic N) is 1. The lowest BCUT2D eigenvalue weighted by molar-refractivity contribution is 0.0418. The molecule has 0 radical (unpaired) electrons. The molecule has 0 aromatic heterocycles. The van der Waals surface area contributed by atoms with Crippen molar-refractivity contribution in [2.24, 2.45) is 5.92 Å². The summed E-state index contributed by atoms with van der Waals surface area (Å²) in [4.78, 5) is 12.3. The van der Waals surface area contributed by atoms with Gasteiger partial charge in [-0.25, -0.2) is 4.79 Å². The molecular formula is C24H40N2O3. The molecule has 0 heterocycles. The van der Waals surface area contributed by atoms with Gasteiger partial charge in [0.05, 0.1) is 12.1 Å². The molecule has 0 aliphatic heterocycles. The summed E-state index contributed by atoms with van der Waals surface area (Å²) in [7, 11) is 0. The lowest BCUT2D eigenvalue weighted by Gasteiger charge is -2.28. The molecular weight excluding hydrogens is 364 g/mol. The largest absolute Gasteiger partial charge is 0.444 e. The minimum atomic E-state index is -0.690. The zero-order chi connectivity index (χ0) is 21.5. The van der Waals surface area contributed by atoms with Gasteiger partial charge in [-0.15, -0.1) is 0 Å². The lowest BCUT2D eigenvalue weighted by atomic mass is 9.99. The average molecular weight is 405 g/mol. The molecule has 2 rings (SSSR count). The number of aliphatic hydroxyl groups excluding tert-OH is 1. The van der Waals surface area contributed by atoms with Gasteiger partial charge >= 0.3 is 6.09 Å². The van der Waals surface area contributed by atoms with E-state index in [1.54, 1.807) is 0 Å². The van der Waals surface area contributed by atoms with E-state index in [4.69, 9.17) is 4.74 Å². The van der Waals surface area contributed by atoms with Gasteiger partial charge in [0.2, 0.25) is 0 Å². The van der Waals surface area contributed by atoms with Gasteiger partial charge in [-0.3, -0.25) is 0 Å². The third-order valence-corrected chi connectivity index (χ3v) is 5.44. The van der Waals surface area contributed by atoms with Gasteiger partial charge in [0, 0.05) is 12.1 Å². The Morgan fingerprint density at radius 3 is 2.41 bits per heavy atom. The summed E-state index contributed by atoms with van der Waals surface area (Å²) in [5.74, 6) is 0.727. The van der Waals surface area contributed by atoms with Crippen molar-refractivity contribution < 1.29 is 14.6 Å². The van der Waals surface area contributed by atoms with E-state index in [2.05, 4.69) is 24.5 Å². The first kappa shape index (κ1) is 23.7. The number of carbonyl (C=O) groups is 1. The fraction of sp³-hybridized carbons (Fsp3) is 0.708. The summed E-state index contributed by atoms with van der Waals surface area (Å²) < 4.78 is 5.41. The predicted octanol–water partition coefficient (Wildman–Crippen LogP) is 4.43. The van der Waals surface area contributed by atoms with Crippen LogP contribution < -0.4 is 10.6 Å². The minimum Gasteiger partial charge on any atom is -0.444 e. The topological polar surface area (TPSA) is 70.6 Å². The van der Waals surface area contributed by atoms with Gasteiger partial charge in [-0.1, -0.05) is 57.0 Å². The Kier molecular flexibility index (Phi) is 8.53. The Bertz CT molecular complexity index is 621. The highest BCUT2D eigenvalue weighted by atomic mass is 16.6. The van der Waals surface area contributed by atoms with Crippen molar-refractivity contribution in [3.05, 3.63) is 35.9 Å². The first-order chi connectivity index (χ1) is 13.6. The van der Waals surface area contributed by atoms with Crippen LogP contribution in [0.5, 0.6) is 0 Å². The number of hydrogen-bond donors (Lipinski definition) is 3. The summed E-state index contributed by atoms with van der Waals surface area (Å²) in [5.41, 5.74) is 0.684. The second-order valence-electron chi connectivity index (χ2n) is 9.96. The third-order valence-electron chi connectivity index (χ3n) is 5.44. The number of ether oxygens (including phenoxy) is 1. The van der Waals surface area contributed by atoms with E-state index in [9.17, 15) is 9.90 Å². The van der Waals surface area contributed by atoms with Crippen molar-refractivity contribution in [3.8, 4) is 0 Å². The fourth-order valence-electron chi connectivity index (χ4n) is 3.59. The summed E-state index contributed by atoms with van der Waals surface area (Å²) in [5, 5.41) is 17.4. The zero-order valence-corrected chi connectivity index (χ0v) is 18.8. The quantitative estimate of drug-likeness (QED) is 0.510. The highest BCUT2D eigenvalue weighted by Gasteiger charge is 2.42. The van der Waals surface area contributed by atoms with Crippen LogP contribution in [0.4, 0.5) is 4.79 Å². The number of benzene rings is 1. The van der Waals surface area contributed by atoms with Crippen molar-refractivity contribution in [2.75, 3.05) is 6.54 Å². The molecule has 164 valence electrons. The first-order valence-electron chi connectivity index (χ1n) is 11.1. The second-order valence-corrected chi connectivity index (χ2v) is 9.96. The third kappa shape index (κ3) is 9.18. The van der Waals surface area contributed by atoms with Crippen LogP contribution in [0, 0.1) is 5.92 Å². The van der Waals surface area contributed by atoms with E-state index in [1.165, 1.54) is 25.7 Å². The van der Waals surface area contributed by atoms with Crippen LogP contribution in [0.25, 0.3) is 0 Å². The SMILES string of the molecule is CC(C)CCCC1(NC[C@@H](O)[C@H](Cc2ccccc2)NC(=O)OC(C)(C)C)CC1. The molecule has 1 aromatic rings. The Hall–Kier alpha value is -1.59. The molecule has 29 heavy (non-hydrogen) atoms. The summed E-state index contributed by atoms with van der Waals surface area (Å²) in [6.45, 7) is 10.5. The van der Waals surface area contributed by atoms with Crippen molar-refractivity contribution in [1.82, 2.24) is 10.6 Å². The van der Waals surface area contributed by atoms with Crippen LogP contribution in [-0.2, 0) is 11.2 Å². The molecule has 1 aliphatic carbocycles. The van der Waals surface area contributed by atoms with E-state index in [1.807, 2.05) is 51.1 Å². The van der Waals surface area contributed by atoms with E-state index in [0.29, 0.717) is 13.0 Å². The summed E-state index contributed by atoms with van der Waals surface area (Å²) >= 11 is 0. The Morgan fingerprint density at radius 1 is 1.21 bits per heavy atom. The molecule has 5 heteroatoms. The summed E-state index contributed by atoms with van der Waals surface area (Å²) in [6, 6.07) is 9.52. The maximum absolute atomic E-state index is 12.3. The Balaban J connectivity index is 1.93. The highest BCUT2D eigenvalue weighted by molar-refractivity contribution is 5.68. The number of nitrogens with one attached hydrogen (secondary N) is 2. The number of rotatable bonds is 11. The van der Waals surface area contributed by atoms with Gasteiger partial charge < -0.3 is 20.5 Å². The molecule has 0 unspecified atom stereocenters. The van der Waals surface area contributed by atoms with Gasteiger partial charge in [0.15, 0.2) is 0 Å². The second kappa shape index (κ2) is 10.4. The van der Waals surface area contributed by atoms with Crippen LogP contribution >= 0.6 is 0 Å². The molecule has 0 spiro atoms. The molecule has 0 saturated heterocycles. The normalized spacial score (nSPS) is 17.6. The molecule has 0 bridgehead atoms. The van der Waals surface area contributed by atoms with Crippen molar-refractivity contribution in [3.63, 3.8) is 0 Å². The minimum absolute atomic E-state index is 0.180. The van der Waals surface area contributed by atoms with Crippen LogP contribution in [-0.4, -0.2) is 41.0 Å². The van der Waals surface area contributed by atoms with Crippen LogP contribution in [0.15, 0.2) is 30.3 Å². The van der Waals surface area contributed by atoms with Crippen LogP contribution in [0.1, 0.15) is 72.3 Å². The molecule has 1 fully saturated rings. The molecule has 2 atom stereocenters. The molecule has 5 nitrogen and oxygen atoms in total. The standard InChI is InChI=1S/C24H40N2O3/c1-18(2)10-9-13-24(14-15-24)25-17-21(27)20(16-19-11-7-6-8-12-19)26-22(28)29-23(3,4)5/h6-8,11-12,18,20-21,25,27H,9-10,13-17H2,1-5H3,(H,26,28)/t20-,21+/m0/s1. The molecule has 1 saturated carbocycles.